The molecule has 0 spiro atoms. The number of piperidine rings is 1. The maximum atomic E-state index is 13.8. The highest BCUT2D eigenvalue weighted by atomic mass is 19.1. The lowest BCUT2D eigenvalue weighted by molar-refractivity contribution is -0.132. The molecule has 2 heterocycles. The van der Waals surface area contributed by atoms with Gasteiger partial charge in [0.1, 0.15) is 5.82 Å². The molecule has 0 radical (unpaired) electrons. The minimum atomic E-state index is -0.267. The highest BCUT2D eigenvalue weighted by molar-refractivity contribution is 5.77. The van der Waals surface area contributed by atoms with Crippen LogP contribution < -0.4 is 4.90 Å². The second-order valence-electron chi connectivity index (χ2n) is 8.50. The summed E-state index contributed by atoms with van der Waals surface area (Å²) in [5, 5.41) is 0. The van der Waals surface area contributed by atoms with E-state index in [1.807, 2.05) is 30.0 Å². The maximum Gasteiger partial charge on any atom is 0.225 e. The van der Waals surface area contributed by atoms with Crippen molar-refractivity contribution in [2.45, 2.75) is 38.0 Å². The highest BCUT2D eigenvalue weighted by Gasteiger charge is 2.28. The number of carbonyl (C=O) groups excluding carboxylic acids is 1. The molecular weight excluding hydrogens is 379 g/mol. The third kappa shape index (κ3) is 4.53. The molecule has 1 fully saturated rings. The number of aromatic nitrogens is 2. The van der Waals surface area contributed by atoms with Crippen LogP contribution in [0.15, 0.2) is 42.6 Å². The number of amides is 1. The van der Waals surface area contributed by atoms with Crippen molar-refractivity contribution in [1.29, 1.82) is 0 Å². The van der Waals surface area contributed by atoms with E-state index in [2.05, 4.69) is 17.1 Å². The molecule has 1 atom stereocenters. The van der Waals surface area contributed by atoms with Gasteiger partial charge >= 0.3 is 0 Å². The number of benzene rings is 1. The van der Waals surface area contributed by atoms with Gasteiger partial charge in [-0.3, -0.25) is 4.79 Å². The van der Waals surface area contributed by atoms with Gasteiger partial charge in [0.2, 0.25) is 11.9 Å². The minimum Gasteiger partial charge on any atom is -0.347 e. The summed E-state index contributed by atoms with van der Waals surface area (Å²) in [6.45, 7) is 1.48. The summed E-state index contributed by atoms with van der Waals surface area (Å²) >= 11 is 0. The SMILES string of the molecule is CN(C)c1ncc(-c2cccc(F)c2)c(C2CCN(C(=O)C[C@H]3C=CCC3)CC2)n1. The van der Waals surface area contributed by atoms with Crippen molar-refractivity contribution < 1.29 is 9.18 Å². The minimum absolute atomic E-state index is 0.223. The number of allylic oxidation sites excluding steroid dienone is 2. The van der Waals surface area contributed by atoms with E-state index in [1.54, 1.807) is 12.3 Å². The average molecular weight is 409 g/mol. The number of nitrogens with zero attached hydrogens (tertiary/aromatic N) is 4. The van der Waals surface area contributed by atoms with E-state index in [-0.39, 0.29) is 17.6 Å². The molecule has 5 nitrogen and oxygen atoms in total. The number of halogens is 1. The van der Waals surface area contributed by atoms with E-state index >= 15 is 0 Å². The second-order valence-corrected chi connectivity index (χ2v) is 8.50. The number of rotatable bonds is 5. The van der Waals surface area contributed by atoms with Crippen molar-refractivity contribution >= 4 is 11.9 Å². The molecule has 0 saturated carbocycles. The number of hydrogen-bond donors (Lipinski definition) is 0. The molecule has 0 bridgehead atoms. The van der Waals surface area contributed by atoms with Crippen molar-refractivity contribution in [2.24, 2.45) is 5.92 Å². The first kappa shape index (κ1) is 20.5. The maximum absolute atomic E-state index is 13.8. The summed E-state index contributed by atoms with van der Waals surface area (Å²) in [6.07, 6.45) is 10.7. The molecule has 1 aromatic heterocycles. The van der Waals surface area contributed by atoms with Crippen molar-refractivity contribution in [2.75, 3.05) is 32.1 Å². The zero-order valence-electron chi connectivity index (χ0n) is 17.7. The van der Waals surface area contributed by atoms with Crippen LogP contribution in [0.3, 0.4) is 0 Å². The Labute approximate surface area is 177 Å². The molecule has 1 amide bonds. The van der Waals surface area contributed by atoms with Gasteiger partial charge < -0.3 is 9.80 Å². The Morgan fingerprint density at radius 3 is 2.70 bits per heavy atom. The standard InChI is InChI=1S/C24H29FN4O/c1-28(2)24-26-16-21(19-8-5-9-20(25)15-19)23(27-24)18-10-12-29(13-11-18)22(30)14-17-6-3-4-7-17/h3,5-6,8-9,15-18H,4,7,10-14H2,1-2H3/t17-/m0/s1. The number of anilines is 1. The molecule has 158 valence electrons. The molecule has 0 unspecified atom stereocenters. The van der Waals surface area contributed by atoms with Crippen LogP contribution in [0.2, 0.25) is 0 Å². The fourth-order valence-electron chi connectivity index (χ4n) is 4.41. The third-order valence-corrected chi connectivity index (χ3v) is 6.12. The van der Waals surface area contributed by atoms with Crippen LogP contribution in [0, 0.1) is 11.7 Å². The van der Waals surface area contributed by atoms with Gasteiger partial charge in [0.25, 0.3) is 0 Å². The van der Waals surface area contributed by atoms with Crippen LogP contribution in [0.5, 0.6) is 0 Å². The number of likely N-dealkylation sites (tertiary alicyclic amines) is 1. The quantitative estimate of drug-likeness (QED) is 0.688. The van der Waals surface area contributed by atoms with Gasteiger partial charge in [0.05, 0.1) is 5.69 Å². The van der Waals surface area contributed by atoms with Gasteiger partial charge in [-0.15, -0.1) is 0 Å². The summed E-state index contributed by atoms with van der Waals surface area (Å²) in [6, 6.07) is 6.59. The molecule has 1 aliphatic carbocycles. The number of carbonyl (C=O) groups is 1. The van der Waals surface area contributed by atoms with Crippen molar-refractivity contribution in [3.05, 3.63) is 54.1 Å². The Bertz CT molecular complexity index is 935. The molecule has 30 heavy (non-hydrogen) atoms. The predicted octanol–water partition coefficient (Wildman–Crippen LogP) is 4.41. The molecule has 1 aliphatic heterocycles. The largest absolute Gasteiger partial charge is 0.347 e. The Morgan fingerprint density at radius 1 is 1.23 bits per heavy atom. The van der Waals surface area contributed by atoms with Gasteiger partial charge in [0, 0.05) is 51.3 Å². The van der Waals surface area contributed by atoms with Crippen molar-refractivity contribution in [3.8, 4) is 11.1 Å². The van der Waals surface area contributed by atoms with E-state index in [1.165, 1.54) is 12.1 Å². The van der Waals surface area contributed by atoms with Crippen molar-refractivity contribution in [1.82, 2.24) is 14.9 Å². The zero-order valence-corrected chi connectivity index (χ0v) is 17.7. The topological polar surface area (TPSA) is 49.3 Å². The summed E-state index contributed by atoms with van der Waals surface area (Å²) in [4.78, 5) is 25.9. The first-order valence-corrected chi connectivity index (χ1v) is 10.8. The van der Waals surface area contributed by atoms with Gasteiger partial charge in [-0.05, 0) is 49.3 Å². The van der Waals surface area contributed by atoms with Crippen molar-refractivity contribution in [3.63, 3.8) is 0 Å². The normalized spacial score (nSPS) is 19.3. The molecule has 1 saturated heterocycles. The fraction of sp³-hybridized carbons (Fsp3) is 0.458. The summed E-state index contributed by atoms with van der Waals surface area (Å²) in [7, 11) is 3.83. The Hall–Kier alpha value is -2.76. The average Bonchev–Trinajstić information content (AvgIpc) is 3.26. The molecule has 2 aliphatic rings. The summed E-state index contributed by atoms with van der Waals surface area (Å²) in [5.41, 5.74) is 2.62. The lowest BCUT2D eigenvalue weighted by atomic mass is 9.88. The second kappa shape index (κ2) is 8.94. The Balaban J connectivity index is 1.52. The Morgan fingerprint density at radius 2 is 2.03 bits per heavy atom. The first-order chi connectivity index (χ1) is 14.5. The van der Waals surface area contributed by atoms with E-state index in [0.29, 0.717) is 18.3 Å². The smallest absolute Gasteiger partial charge is 0.225 e. The zero-order chi connectivity index (χ0) is 21.1. The monoisotopic (exact) mass is 408 g/mol. The van der Waals surface area contributed by atoms with E-state index in [9.17, 15) is 9.18 Å². The predicted molar refractivity (Wildman–Crippen MR) is 117 cm³/mol. The van der Waals surface area contributed by atoms with Gasteiger partial charge in [0.15, 0.2) is 0 Å². The van der Waals surface area contributed by atoms with Gasteiger partial charge in [-0.2, -0.15) is 0 Å². The number of hydrogen-bond acceptors (Lipinski definition) is 4. The lowest BCUT2D eigenvalue weighted by Crippen LogP contribution is -2.38. The molecular formula is C24H29FN4O. The van der Waals surface area contributed by atoms with E-state index < -0.39 is 0 Å². The fourth-order valence-corrected chi connectivity index (χ4v) is 4.41. The summed E-state index contributed by atoms with van der Waals surface area (Å²) < 4.78 is 13.8. The molecule has 0 N–H and O–H groups in total. The van der Waals surface area contributed by atoms with E-state index in [4.69, 9.17) is 4.98 Å². The molecule has 6 heteroatoms. The van der Waals surface area contributed by atoms with Gasteiger partial charge in [-0.25, -0.2) is 14.4 Å². The van der Waals surface area contributed by atoms with Crippen LogP contribution in [-0.4, -0.2) is 48.0 Å². The molecule has 4 rings (SSSR count). The van der Waals surface area contributed by atoms with Crippen LogP contribution in [0.25, 0.3) is 11.1 Å². The molecule has 1 aromatic carbocycles. The highest BCUT2D eigenvalue weighted by Crippen LogP contribution is 2.35. The van der Waals surface area contributed by atoms with E-state index in [0.717, 1.165) is 55.6 Å². The lowest BCUT2D eigenvalue weighted by Gasteiger charge is -2.33. The Kier molecular flexibility index (Phi) is 6.11. The summed E-state index contributed by atoms with van der Waals surface area (Å²) in [5.74, 6) is 1.26. The first-order valence-electron chi connectivity index (χ1n) is 10.8. The van der Waals surface area contributed by atoms with Crippen LogP contribution in [0.4, 0.5) is 10.3 Å². The third-order valence-electron chi connectivity index (χ3n) is 6.12. The van der Waals surface area contributed by atoms with Crippen LogP contribution >= 0.6 is 0 Å². The molecule has 2 aromatic rings. The van der Waals surface area contributed by atoms with Crippen LogP contribution in [-0.2, 0) is 4.79 Å². The van der Waals surface area contributed by atoms with Gasteiger partial charge in [-0.1, -0.05) is 24.3 Å². The van der Waals surface area contributed by atoms with Crippen LogP contribution in [0.1, 0.15) is 43.7 Å².